The van der Waals surface area contributed by atoms with Gasteiger partial charge in [-0.25, -0.2) is 0 Å². The summed E-state index contributed by atoms with van der Waals surface area (Å²) in [6.07, 6.45) is 0.361. The monoisotopic (exact) mass is 198 g/mol. The molecule has 0 amide bonds. The fourth-order valence-electron chi connectivity index (χ4n) is 2.03. The van der Waals surface area contributed by atoms with Crippen LogP contribution in [0.4, 0.5) is 0 Å². The molecule has 2 unspecified atom stereocenters. The maximum absolute atomic E-state index is 5.89. The molecule has 2 rings (SSSR count). The normalized spacial score (nSPS) is 34.9. The first kappa shape index (κ1) is 12.9. The Kier molecular flexibility index (Phi) is 4.08. The maximum atomic E-state index is 5.89. The van der Waals surface area contributed by atoms with Crippen LogP contribution in [0.1, 0.15) is 13.8 Å². The molecule has 0 saturated carbocycles. The molecule has 1 aromatic carbocycles. The summed E-state index contributed by atoms with van der Waals surface area (Å²) in [5, 5.41) is 0. The standard InChI is InChI=1S/C11H16BO2.Li/c1-9-10(2)14-12(3,13-9)11-7-5-4-6-8-11;/h4-10H,1-3H3;/q-1;+1. The van der Waals surface area contributed by atoms with Crippen molar-refractivity contribution in [2.75, 3.05) is 0 Å². The molecule has 1 saturated heterocycles. The zero-order valence-corrected chi connectivity index (χ0v) is 9.94. The van der Waals surface area contributed by atoms with E-state index in [2.05, 4.69) is 26.0 Å². The van der Waals surface area contributed by atoms with Crippen molar-refractivity contribution in [1.82, 2.24) is 0 Å². The smallest absolute Gasteiger partial charge is 0.561 e. The average molecular weight is 198 g/mol. The van der Waals surface area contributed by atoms with E-state index in [4.69, 9.17) is 9.31 Å². The predicted molar refractivity (Wildman–Crippen MR) is 58.8 cm³/mol. The van der Waals surface area contributed by atoms with Crippen molar-refractivity contribution in [2.24, 2.45) is 0 Å². The molecule has 0 N–H and O–H groups in total. The fourth-order valence-corrected chi connectivity index (χ4v) is 2.03. The van der Waals surface area contributed by atoms with Gasteiger partial charge in [0, 0.05) is 12.2 Å². The van der Waals surface area contributed by atoms with Crippen molar-refractivity contribution >= 4 is 12.0 Å². The molecule has 0 aromatic heterocycles. The van der Waals surface area contributed by atoms with E-state index in [9.17, 15) is 0 Å². The summed E-state index contributed by atoms with van der Waals surface area (Å²) in [6, 6.07) is 10.2. The minimum atomic E-state index is -1.25. The maximum Gasteiger partial charge on any atom is 1.00 e. The van der Waals surface area contributed by atoms with E-state index < -0.39 is 6.55 Å². The molecule has 1 aliphatic rings. The Balaban J connectivity index is 0.00000112. The zero-order valence-electron chi connectivity index (χ0n) is 9.94. The first-order chi connectivity index (χ1) is 6.62. The van der Waals surface area contributed by atoms with E-state index in [0.717, 1.165) is 5.46 Å². The molecule has 1 aliphatic heterocycles. The van der Waals surface area contributed by atoms with Crippen LogP contribution < -0.4 is 24.3 Å². The van der Waals surface area contributed by atoms with Crippen molar-refractivity contribution in [2.45, 2.75) is 32.9 Å². The second-order valence-electron chi connectivity index (χ2n) is 4.19. The zero-order chi connectivity index (χ0) is 10.2. The van der Waals surface area contributed by atoms with Crippen LogP contribution in [-0.4, -0.2) is 18.8 Å². The summed E-state index contributed by atoms with van der Waals surface area (Å²) in [6.45, 7) is 4.90. The van der Waals surface area contributed by atoms with Gasteiger partial charge in [0.2, 0.25) is 0 Å². The Morgan fingerprint density at radius 2 is 1.47 bits per heavy atom. The molecule has 4 heteroatoms. The summed E-state index contributed by atoms with van der Waals surface area (Å²) in [5.74, 6) is 0. The molecule has 1 heterocycles. The molecule has 2 nitrogen and oxygen atoms in total. The van der Waals surface area contributed by atoms with Gasteiger partial charge in [-0.2, -0.15) is 5.46 Å². The van der Waals surface area contributed by atoms with E-state index in [-0.39, 0.29) is 31.1 Å². The Labute approximate surface area is 104 Å². The topological polar surface area (TPSA) is 18.5 Å². The van der Waals surface area contributed by atoms with Gasteiger partial charge < -0.3 is 9.31 Å². The molecule has 0 radical (unpaired) electrons. The van der Waals surface area contributed by atoms with Gasteiger partial charge in [-0.1, -0.05) is 30.3 Å². The fraction of sp³-hybridized carbons (Fsp3) is 0.455. The van der Waals surface area contributed by atoms with Crippen molar-refractivity contribution in [3.8, 4) is 0 Å². The Morgan fingerprint density at radius 3 is 1.93 bits per heavy atom. The summed E-state index contributed by atoms with van der Waals surface area (Å²) >= 11 is 0. The van der Waals surface area contributed by atoms with Crippen molar-refractivity contribution in [1.29, 1.82) is 0 Å². The van der Waals surface area contributed by atoms with Gasteiger partial charge in [0.15, 0.2) is 0 Å². The molecule has 0 aliphatic carbocycles. The minimum Gasteiger partial charge on any atom is -0.561 e. The third-order valence-corrected chi connectivity index (χ3v) is 3.01. The number of rotatable bonds is 1. The van der Waals surface area contributed by atoms with Gasteiger partial charge in [0.05, 0.1) is 0 Å². The molecule has 2 atom stereocenters. The molecule has 0 spiro atoms. The third kappa shape index (κ3) is 2.49. The summed E-state index contributed by atoms with van der Waals surface area (Å²) in [5.41, 5.74) is 1.14. The van der Waals surface area contributed by atoms with Gasteiger partial charge in [-0.3, -0.25) is 0 Å². The first-order valence-electron chi connectivity index (χ1n) is 5.21. The number of hydrogen-bond donors (Lipinski definition) is 0. The third-order valence-electron chi connectivity index (χ3n) is 3.01. The Hall–Kier alpha value is -0.198. The molecule has 0 bridgehead atoms. The van der Waals surface area contributed by atoms with Crippen LogP contribution in [0.15, 0.2) is 30.3 Å². The molecule has 76 valence electrons. The van der Waals surface area contributed by atoms with Crippen LogP contribution in [0, 0.1) is 0 Å². The SMILES string of the molecule is CC1O[B-](C)(c2ccccc2)OC1C.[Li+]. The first-order valence-corrected chi connectivity index (χ1v) is 5.21. The van der Waals surface area contributed by atoms with Crippen LogP contribution in [-0.2, 0) is 9.31 Å². The minimum absolute atomic E-state index is 0. The Morgan fingerprint density at radius 1 is 1.00 bits per heavy atom. The second-order valence-corrected chi connectivity index (χ2v) is 4.19. The Bertz CT molecular complexity index is 308. The summed E-state index contributed by atoms with van der Waals surface area (Å²) < 4.78 is 11.8. The molecular formula is C11H16BLiO2. The van der Waals surface area contributed by atoms with Crippen LogP contribution in [0.5, 0.6) is 0 Å². The van der Waals surface area contributed by atoms with E-state index in [1.54, 1.807) is 0 Å². The van der Waals surface area contributed by atoms with Gasteiger partial charge in [0.25, 0.3) is 6.55 Å². The average Bonchev–Trinajstić information content (AvgIpc) is 2.44. The van der Waals surface area contributed by atoms with Gasteiger partial charge in [-0.05, 0) is 13.8 Å². The largest absolute Gasteiger partial charge is 1.00 e. The van der Waals surface area contributed by atoms with Gasteiger partial charge in [0.1, 0.15) is 0 Å². The van der Waals surface area contributed by atoms with Crippen LogP contribution >= 0.6 is 0 Å². The molecular weight excluding hydrogens is 182 g/mol. The molecule has 1 aromatic rings. The van der Waals surface area contributed by atoms with E-state index in [1.165, 1.54) is 0 Å². The summed E-state index contributed by atoms with van der Waals surface area (Å²) in [4.78, 5) is 0. The quantitative estimate of drug-likeness (QED) is 0.527. The predicted octanol–water partition coefficient (Wildman–Crippen LogP) is -1.21. The summed E-state index contributed by atoms with van der Waals surface area (Å²) in [7, 11) is 0. The van der Waals surface area contributed by atoms with E-state index in [1.807, 2.05) is 25.0 Å². The number of benzene rings is 1. The number of hydrogen-bond acceptors (Lipinski definition) is 2. The van der Waals surface area contributed by atoms with Crippen molar-refractivity contribution in [3.05, 3.63) is 30.3 Å². The molecule has 15 heavy (non-hydrogen) atoms. The van der Waals surface area contributed by atoms with Gasteiger partial charge in [-0.15, -0.1) is 6.82 Å². The molecule has 1 fully saturated rings. The van der Waals surface area contributed by atoms with E-state index in [0.29, 0.717) is 0 Å². The second kappa shape index (κ2) is 4.76. The van der Waals surface area contributed by atoms with Crippen LogP contribution in [0.3, 0.4) is 0 Å². The van der Waals surface area contributed by atoms with Crippen LogP contribution in [0.25, 0.3) is 0 Å². The van der Waals surface area contributed by atoms with Crippen molar-refractivity contribution in [3.63, 3.8) is 0 Å². The van der Waals surface area contributed by atoms with E-state index >= 15 is 0 Å². The van der Waals surface area contributed by atoms with Crippen LogP contribution in [0.2, 0.25) is 6.82 Å². The van der Waals surface area contributed by atoms with Crippen molar-refractivity contribution < 1.29 is 28.2 Å². The van der Waals surface area contributed by atoms with Gasteiger partial charge >= 0.3 is 18.9 Å².